The van der Waals surface area contributed by atoms with Crippen molar-refractivity contribution in [1.82, 2.24) is 58.6 Å². The lowest BCUT2D eigenvalue weighted by Crippen LogP contribution is -2.04. The molecule has 2 atom stereocenters. The zero-order valence-corrected chi connectivity index (χ0v) is 35.7. The van der Waals surface area contributed by atoms with Crippen LogP contribution in [0.3, 0.4) is 0 Å². The number of fused-ring (bicyclic) bond motifs is 2. The number of hydrogen-bond donors (Lipinski definition) is 0. The first-order valence-corrected chi connectivity index (χ1v) is 20.5. The van der Waals surface area contributed by atoms with Crippen molar-refractivity contribution < 1.29 is 35.8 Å². The standard InChI is InChI=1S/2C23H19F3N6O/c2*1-13-11-31(12-27-13)20-5-3-14(28-23(20)33-2)4-6-21-29-22-15(7-8-32(22)30-21)16-9-18(25)19(26)10-17(16)24/h2*3-6,9-12,15H,7-8H2,1-2H3/b2*6-4+/t2*15-/m10/s1. The van der Waals surface area contributed by atoms with Gasteiger partial charge >= 0.3 is 0 Å². The molecule has 0 saturated heterocycles. The molecule has 8 aromatic rings. The van der Waals surface area contributed by atoms with Crippen molar-refractivity contribution >= 4 is 24.3 Å². The molecule has 0 fully saturated rings. The first-order valence-electron chi connectivity index (χ1n) is 20.5. The van der Waals surface area contributed by atoms with E-state index in [2.05, 4.69) is 40.1 Å². The lowest BCUT2D eigenvalue weighted by molar-refractivity contribution is 0.395. The molecule has 2 aliphatic rings. The molecule has 2 aliphatic heterocycles. The van der Waals surface area contributed by atoms with Crippen LogP contribution in [0.1, 0.15) is 81.9 Å². The van der Waals surface area contributed by atoms with Crippen LogP contribution < -0.4 is 9.47 Å². The number of halogens is 6. The molecule has 66 heavy (non-hydrogen) atoms. The Morgan fingerprint density at radius 1 is 0.530 bits per heavy atom. The van der Waals surface area contributed by atoms with Crippen LogP contribution in [0.4, 0.5) is 26.3 Å². The first kappa shape index (κ1) is 43.4. The number of imidazole rings is 2. The zero-order chi connectivity index (χ0) is 46.2. The highest BCUT2D eigenvalue weighted by molar-refractivity contribution is 5.67. The fourth-order valence-corrected chi connectivity index (χ4v) is 7.89. The number of aryl methyl sites for hydroxylation is 4. The number of hydrogen-bond acceptors (Lipinski definition) is 10. The minimum absolute atomic E-state index is 0.0762. The summed E-state index contributed by atoms with van der Waals surface area (Å²) >= 11 is 0. The van der Waals surface area contributed by atoms with Gasteiger partial charge in [0.15, 0.2) is 34.9 Å². The SMILES string of the molecule is COc1nc(/C=C/c2nc3n(n2)CC[C@@H]3c2cc(F)c(F)cc2F)ccc1-n1cnc(C)c1.COc1nc(/C=C/c2nc3n(n2)CC[C@H]3c2cc(F)c(F)cc2F)ccc1-n1cnc(C)c1. The van der Waals surface area contributed by atoms with Gasteiger partial charge in [-0.2, -0.15) is 10.2 Å². The Kier molecular flexibility index (Phi) is 11.8. The van der Waals surface area contributed by atoms with Gasteiger partial charge in [0, 0.05) is 60.6 Å². The molecule has 0 amide bonds. The number of nitrogens with zero attached hydrogens (tertiary/aromatic N) is 12. The van der Waals surface area contributed by atoms with Crippen LogP contribution in [0.2, 0.25) is 0 Å². The molecule has 336 valence electrons. The van der Waals surface area contributed by atoms with Gasteiger partial charge in [-0.25, -0.2) is 65.6 Å². The summed E-state index contributed by atoms with van der Waals surface area (Å²) in [6.45, 7) is 4.80. The largest absolute Gasteiger partial charge is 0.479 e. The lowest BCUT2D eigenvalue weighted by Gasteiger charge is -2.10. The van der Waals surface area contributed by atoms with Gasteiger partial charge in [-0.15, -0.1) is 0 Å². The van der Waals surface area contributed by atoms with Gasteiger partial charge < -0.3 is 18.6 Å². The van der Waals surface area contributed by atoms with Crippen molar-refractivity contribution in [2.75, 3.05) is 14.2 Å². The summed E-state index contributed by atoms with van der Waals surface area (Å²) in [5, 5.41) is 8.84. The fraction of sp³-hybridized carbons (Fsp3) is 0.217. The predicted octanol–water partition coefficient (Wildman–Crippen LogP) is 8.60. The van der Waals surface area contributed by atoms with Gasteiger partial charge in [-0.3, -0.25) is 0 Å². The maximum Gasteiger partial charge on any atom is 0.238 e. The van der Waals surface area contributed by atoms with Crippen LogP contribution in [0.5, 0.6) is 11.8 Å². The van der Waals surface area contributed by atoms with Gasteiger partial charge in [0.1, 0.15) is 34.7 Å². The lowest BCUT2D eigenvalue weighted by atomic mass is 9.96. The Bertz CT molecular complexity index is 2960. The van der Waals surface area contributed by atoms with Gasteiger partial charge in [0.2, 0.25) is 11.8 Å². The predicted molar refractivity (Wildman–Crippen MR) is 229 cm³/mol. The topological polar surface area (TPSA) is 141 Å². The van der Waals surface area contributed by atoms with E-state index in [0.29, 0.717) is 84.5 Å². The second-order valence-corrected chi connectivity index (χ2v) is 15.4. The van der Waals surface area contributed by atoms with Crippen LogP contribution in [-0.2, 0) is 13.1 Å². The van der Waals surface area contributed by atoms with E-state index in [4.69, 9.17) is 9.47 Å². The average Bonchev–Trinajstić information content (AvgIpc) is 4.18. The monoisotopic (exact) mass is 904 g/mol. The molecule has 14 nitrogen and oxygen atoms in total. The Labute approximate surface area is 372 Å². The summed E-state index contributed by atoms with van der Waals surface area (Å²) in [5.74, 6) is -4.46. The van der Waals surface area contributed by atoms with E-state index in [-0.39, 0.29) is 11.1 Å². The maximum atomic E-state index is 14.3. The summed E-state index contributed by atoms with van der Waals surface area (Å²) < 4.78 is 100. The second-order valence-electron chi connectivity index (χ2n) is 15.4. The Morgan fingerprint density at radius 2 is 0.939 bits per heavy atom. The van der Waals surface area contributed by atoms with Gasteiger partial charge in [-0.05, 0) is 87.4 Å². The molecule has 0 saturated carbocycles. The Balaban J connectivity index is 0.000000166. The van der Waals surface area contributed by atoms with Crippen molar-refractivity contribution in [3.63, 3.8) is 0 Å². The summed E-state index contributed by atoms with van der Waals surface area (Å²) in [6.07, 6.45) is 15.0. The molecule has 8 heterocycles. The van der Waals surface area contributed by atoms with Gasteiger partial charge in [-0.1, -0.05) is 0 Å². The van der Waals surface area contributed by atoms with Gasteiger partial charge in [0.25, 0.3) is 0 Å². The van der Waals surface area contributed by atoms with E-state index in [1.807, 2.05) is 59.6 Å². The molecule has 2 aromatic carbocycles. The molecule has 0 N–H and O–H groups in total. The van der Waals surface area contributed by atoms with Crippen LogP contribution >= 0.6 is 0 Å². The molecular formula is C46H38F6N12O2. The van der Waals surface area contributed by atoms with Gasteiger partial charge in [0.05, 0.1) is 49.6 Å². The second kappa shape index (κ2) is 17.9. The maximum absolute atomic E-state index is 14.3. The number of rotatable bonds is 10. The number of ether oxygens (including phenoxy) is 2. The third kappa shape index (κ3) is 8.68. The number of pyridine rings is 2. The minimum atomic E-state index is -1.21. The van der Waals surface area contributed by atoms with E-state index in [1.165, 1.54) is 0 Å². The highest BCUT2D eigenvalue weighted by Crippen LogP contribution is 2.37. The summed E-state index contributed by atoms with van der Waals surface area (Å²) in [4.78, 5) is 26.4. The molecule has 0 radical (unpaired) electrons. The summed E-state index contributed by atoms with van der Waals surface area (Å²) in [5.41, 5.74) is 4.68. The molecule has 0 bridgehead atoms. The fourth-order valence-electron chi connectivity index (χ4n) is 7.89. The van der Waals surface area contributed by atoms with Crippen LogP contribution in [-0.4, -0.2) is 72.8 Å². The van der Waals surface area contributed by atoms with E-state index in [1.54, 1.807) is 60.5 Å². The van der Waals surface area contributed by atoms with Crippen LogP contribution in [0, 0.1) is 48.8 Å². The molecule has 0 spiro atoms. The van der Waals surface area contributed by atoms with E-state index in [0.717, 1.165) is 34.9 Å². The van der Waals surface area contributed by atoms with Crippen molar-refractivity contribution in [3.05, 3.63) is 166 Å². The minimum Gasteiger partial charge on any atom is -0.479 e. The third-order valence-electron chi connectivity index (χ3n) is 11.0. The van der Waals surface area contributed by atoms with Crippen LogP contribution in [0.15, 0.2) is 73.6 Å². The van der Waals surface area contributed by atoms with Crippen LogP contribution in [0.25, 0.3) is 35.7 Å². The third-order valence-corrected chi connectivity index (χ3v) is 11.0. The van der Waals surface area contributed by atoms with Crippen molar-refractivity contribution in [3.8, 4) is 23.1 Å². The quantitative estimate of drug-likeness (QED) is 0.0968. The van der Waals surface area contributed by atoms with E-state index < -0.39 is 46.7 Å². The van der Waals surface area contributed by atoms with Crippen molar-refractivity contribution in [2.45, 2.75) is 51.6 Å². The smallest absolute Gasteiger partial charge is 0.238 e. The van der Waals surface area contributed by atoms with E-state index in [9.17, 15) is 26.3 Å². The molecule has 0 aliphatic carbocycles. The molecular weight excluding hydrogens is 867 g/mol. The Hall–Kier alpha value is -7.90. The number of methoxy groups -OCH3 is 2. The molecule has 6 aromatic heterocycles. The zero-order valence-electron chi connectivity index (χ0n) is 35.7. The molecule has 10 rings (SSSR count). The first-order chi connectivity index (χ1) is 31.8. The van der Waals surface area contributed by atoms with Crippen molar-refractivity contribution in [2.24, 2.45) is 0 Å². The summed E-state index contributed by atoms with van der Waals surface area (Å²) in [7, 11) is 3.09. The summed E-state index contributed by atoms with van der Waals surface area (Å²) in [6, 6.07) is 10.3. The highest BCUT2D eigenvalue weighted by Gasteiger charge is 2.32. The van der Waals surface area contributed by atoms with E-state index >= 15 is 0 Å². The Morgan fingerprint density at radius 3 is 1.32 bits per heavy atom. The highest BCUT2D eigenvalue weighted by atomic mass is 19.2. The molecule has 20 heteroatoms. The van der Waals surface area contributed by atoms with Crippen molar-refractivity contribution in [1.29, 1.82) is 0 Å². The normalized spacial score (nSPS) is 15.4. The molecule has 0 unspecified atom stereocenters. The average molecular weight is 905 g/mol. The number of benzene rings is 2. The number of aromatic nitrogens is 12.